The maximum Gasteiger partial charge on any atom is 0.306 e. The van der Waals surface area contributed by atoms with Gasteiger partial charge in [0.15, 0.2) is 12.4 Å². The van der Waals surface area contributed by atoms with E-state index in [4.69, 9.17) is 14.2 Å². The maximum atomic E-state index is 13.5. The van der Waals surface area contributed by atoms with Crippen molar-refractivity contribution in [2.24, 2.45) is 0 Å². The molecule has 1 aliphatic heterocycles. The first-order valence-corrected chi connectivity index (χ1v) is 32.8. The first-order chi connectivity index (χ1) is 40.2. The molecule has 6 N–H and O–H groups in total. The third-order valence-electron chi connectivity index (χ3n) is 14.7. The monoisotopic (exact) mass is 1150 g/mol. The number of hydrogen-bond donors (Lipinski definition) is 6. The molecule has 1 amide bonds. The van der Waals surface area contributed by atoms with Crippen molar-refractivity contribution < 1.29 is 49.3 Å². The molecule has 0 aromatic heterocycles. The largest absolute Gasteiger partial charge is 0.454 e. The van der Waals surface area contributed by atoms with E-state index in [1.165, 1.54) is 51.4 Å². The minimum atomic E-state index is -1.63. The summed E-state index contributed by atoms with van der Waals surface area (Å²) in [7, 11) is 0. The van der Waals surface area contributed by atoms with Gasteiger partial charge in [-0.05, 0) is 96.3 Å². The minimum Gasteiger partial charge on any atom is -0.454 e. The molecule has 8 atom stereocenters. The number of carbonyl (C=O) groups is 2. The molecule has 1 aliphatic rings. The van der Waals surface area contributed by atoms with Gasteiger partial charge < -0.3 is 45.1 Å². The highest BCUT2D eigenvalue weighted by Crippen LogP contribution is 2.26. The Labute approximate surface area is 500 Å². The molecule has 1 heterocycles. The van der Waals surface area contributed by atoms with E-state index in [1.54, 1.807) is 6.08 Å². The number of amides is 1. The predicted molar refractivity (Wildman–Crippen MR) is 342 cm³/mol. The van der Waals surface area contributed by atoms with Crippen LogP contribution in [0.1, 0.15) is 252 Å². The number of aliphatic hydroxyl groups excluding tert-OH is 5. The SMILES string of the molecule is CC/C=C\C/C=C\C/C=C\C/C=C\C/C=C\C/C=C\CCCCCCCCCC(O)C(=O)NC(COC1OC(CO)C(O)C(O)C1OC(=O)CCCCCCCCC/C=C/C=C/C=C/CC)C(O)/C=C/CCCCCCCCCCCC. The zero-order chi connectivity index (χ0) is 59.6. The lowest BCUT2D eigenvalue weighted by molar-refractivity contribution is -0.305. The maximum absolute atomic E-state index is 13.5. The number of hydrogen-bond acceptors (Lipinski definition) is 10. The third kappa shape index (κ3) is 44.6. The smallest absolute Gasteiger partial charge is 0.306 e. The van der Waals surface area contributed by atoms with Crippen molar-refractivity contribution in [1.29, 1.82) is 0 Å². The van der Waals surface area contributed by atoms with Crippen LogP contribution in [0.4, 0.5) is 0 Å². The Bertz CT molecular complexity index is 1800. The number of nitrogens with one attached hydrogen (secondary N) is 1. The molecule has 11 heteroatoms. The molecular weight excluding hydrogens is 1030 g/mol. The molecule has 0 spiro atoms. The van der Waals surface area contributed by atoms with Gasteiger partial charge in [-0.25, -0.2) is 0 Å². The Balaban J connectivity index is 2.63. The second-order valence-electron chi connectivity index (χ2n) is 22.1. The Morgan fingerprint density at radius 3 is 1.45 bits per heavy atom. The number of esters is 1. The second-order valence-corrected chi connectivity index (χ2v) is 22.1. The standard InChI is InChI=1S/C71H119NO10/c1-4-7-10-13-16-19-22-25-27-28-29-30-31-32-33-34-35-36-37-39-40-43-46-49-52-55-58-64(75)70(79)72-62(63(74)57-54-51-48-45-42-24-21-18-15-12-9-6-3)61-80-71-69(68(78)67(77)65(60-73)81-71)82-66(76)59-56-53-50-47-44-41-38-26-23-20-17-14-11-8-5-2/h7-8,10-11,14,16-17,19-20,23,25,27,29-30,32-33,35-36,54,57,62-65,67-69,71,73-75,77-78H,4-6,9,12-13,15,18,21-22,24,26,28,31,34,37-53,55-56,58-61H2,1-3H3,(H,72,79)/b10-7-,11-8+,17-14+,19-16-,23-20+,27-25-,30-29-,33-32-,36-35-,57-54+. The van der Waals surface area contributed by atoms with Crippen molar-refractivity contribution >= 4 is 11.9 Å². The van der Waals surface area contributed by atoms with Crippen LogP contribution < -0.4 is 5.32 Å². The lowest BCUT2D eigenvalue weighted by Gasteiger charge is -2.41. The summed E-state index contributed by atoms with van der Waals surface area (Å²) in [5.74, 6) is -1.22. The van der Waals surface area contributed by atoms with Crippen LogP contribution in [0.3, 0.4) is 0 Å². The zero-order valence-corrected chi connectivity index (χ0v) is 51.8. The predicted octanol–water partition coefficient (Wildman–Crippen LogP) is 16.2. The molecule has 1 rings (SSSR count). The van der Waals surface area contributed by atoms with Gasteiger partial charge in [0.2, 0.25) is 5.91 Å². The van der Waals surface area contributed by atoms with E-state index < -0.39 is 67.4 Å². The van der Waals surface area contributed by atoms with Crippen LogP contribution >= 0.6 is 0 Å². The molecule has 1 fully saturated rings. The van der Waals surface area contributed by atoms with Gasteiger partial charge in [-0.1, -0.05) is 271 Å². The fraction of sp³-hybridized carbons (Fsp3) is 0.690. The molecule has 0 radical (unpaired) electrons. The van der Waals surface area contributed by atoms with E-state index in [0.29, 0.717) is 12.8 Å². The van der Waals surface area contributed by atoms with Gasteiger partial charge in [0.25, 0.3) is 0 Å². The summed E-state index contributed by atoms with van der Waals surface area (Å²) in [4.78, 5) is 26.6. The zero-order valence-electron chi connectivity index (χ0n) is 51.8. The van der Waals surface area contributed by atoms with Crippen LogP contribution in [0, 0.1) is 0 Å². The summed E-state index contributed by atoms with van der Waals surface area (Å²) in [5, 5.41) is 57.1. The summed E-state index contributed by atoms with van der Waals surface area (Å²) in [5.41, 5.74) is 0. The number of rotatable bonds is 54. The highest BCUT2D eigenvalue weighted by Gasteiger charge is 2.47. The van der Waals surface area contributed by atoms with Crippen LogP contribution in [-0.2, 0) is 23.8 Å². The number of unbranched alkanes of at least 4 members (excludes halogenated alkanes) is 24. The van der Waals surface area contributed by atoms with Crippen molar-refractivity contribution in [3.63, 3.8) is 0 Å². The Kier molecular flexibility index (Phi) is 53.3. The van der Waals surface area contributed by atoms with Crippen molar-refractivity contribution in [3.05, 3.63) is 122 Å². The number of allylic oxidation sites excluding steroid dienone is 19. The van der Waals surface area contributed by atoms with E-state index in [2.05, 4.69) is 129 Å². The molecule has 0 aromatic rings. The van der Waals surface area contributed by atoms with Crippen LogP contribution in [0.2, 0.25) is 0 Å². The van der Waals surface area contributed by atoms with Crippen molar-refractivity contribution in [3.8, 4) is 0 Å². The van der Waals surface area contributed by atoms with E-state index in [0.717, 1.165) is 154 Å². The Morgan fingerprint density at radius 1 is 0.500 bits per heavy atom. The number of carbonyl (C=O) groups excluding carboxylic acids is 2. The molecule has 11 nitrogen and oxygen atoms in total. The van der Waals surface area contributed by atoms with Gasteiger partial charge in [-0.2, -0.15) is 0 Å². The highest BCUT2D eigenvalue weighted by atomic mass is 16.7. The van der Waals surface area contributed by atoms with Gasteiger partial charge in [0.1, 0.15) is 24.4 Å². The molecule has 0 saturated carbocycles. The second kappa shape index (κ2) is 57.5. The fourth-order valence-corrected chi connectivity index (χ4v) is 9.54. The lowest BCUT2D eigenvalue weighted by Crippen LogP contribution is -2.61. The Morgan fingerprint density at radius 2 is 0.939 bits per heavy atom. The van der Waals surface area contributed by atoms with E-state index in [-0.39, 0.29) is 19.4 Å². The van der Waals surface area contributed by atoms with Gasteiger partial charge in [0, 0.05) is 6.42 Å². The van der Waals surface area contributed by atoms with Crippen LogP contribution in [0.5, 0.6) is 0 Å². The molecule has 0 bridgehead atoms. The molecule has 82 heavy (non-hydrogen) atoms. The first kappa shape index (κ1) is 76.1. The van der Waals surface area contributed by atoms with Crippen LogP contribution in [0.15, 0.2) is 122 Å². The van der Waals surface area contributed by atoms with E-state index in [1.807, 2.05) is 12.2 Å². The summed E-state index contributed by atoms with van der Waals surface area (Å²) >= 11 is 0. The summed E-state index contributed by atoms with van der Waals surface area (Å²) in [6.07, 6.45) is 69.5. The lowest BCUT2D eigenvalue weighted by atomic mass is 9.99. The summed E-state index contributed by atoms with van der Waals surface area (Å²) < 4.78 is 17.6. The van der Waals surface area contributed by atoms with E-state index >= 15 is 0 Å². The normalized spacial score (nSPS) is 19.4. The van der Waals surface area contributed by atoms with Gasteiger partial charge >= 0.3 is 5.97 Å². The van der Waals surface area contributed by atoms with Gasteiger partial charge in [-0.15, -0.1) is 0 Å². The average molecular weight is 1150 g/mol. The number of ether oxygens (including phenoxy) is 3. The third-order valence-corrected chi connectivity index (χ3v) is 14.7. The minimum absolute atomic E-state index is 0.103. The van der Waals surface area contributed by atoms with E-state index in [9.17, 15) is 35.1 Å². The topological polar surface area (TPSA) is 175 Å². The summed E-state index contributed by atoms with van der Waals surface area (Å²) in [6, 6.07) is -1.04. The fourth-order valence-electron chi connectivity index (χ4n) is 9.54. The first-order valence-electron chi connectivity index (χ1n) is 32.8. The summed E-state index contributed by atoms with van der Waals surface area (Å²) in [6.45, 7) is 5.53. The quantitative estimate of drug-likeness (QED) is 0.0149. The highest BCUT2D eigenvalue weighted by molar-refractivity contribution is 5.80. The number of aliphatic hydroxyl groups is 5. The molecule has 1 saturated heterocycles. The molecule has 8 unspecified atom stereocenters. The van der Waals surface area contributed by atoms with Gasteiger partial charge in [-0.3, -0.25) is 9.59 Å². The van der Waals surface area contributed by atoms with Crippen molar-refractivity contribution in [1.82, 2.24) is 5.32 Å². The average Bonchev–Trinajstić information content (AvgIpc) is 3.68. The van der Waals surface area contributed by atoms with Crippen LogP contribution in [-0.4, -0.2) is 99.6 Å². The van der Waals surface area contributed by atoms with Gasteiger partial charge in [0.05, 0.1) is 25.4 Å². The molecule has 468 valence electrons. The molecule has 0 aromatic carbocycles. The Hall–Kier alpha value is -3.94. The molecular formula is C71H119NO10. The van der Waals surface area contributed by atoms with Crippen molar-refractivity contribution in [2.45, 2.75) is 301 Å². The van der Waals surface area contributed by atoms with Crippen LogP contribution in [0.25, 0.3) is 0 Å². The van der Waals surface area contributed by atoms with Crippen molar-refractivity contribution in [2.75, 3.05) is 13.2 Å². The molecule has 0 aliphatic carbocycles.